The maximum Gasteiger partial charge on any atom is 0.189 e. The van der Waals surface area contributed by atoms with E-state index in [4.69, 9.17) is 24.4 Å². The van der Waals surface area contributed by atoms with E-state index in [0.29, 0.717) is 28.1 Å². The SMILES string of the molecule is CC(C)c1ccc(NC(=S)NNC(=S)N[C@@H]2CCCC[C@@H]2C)cc1. The van der Waals surface area contributed by atoms with Crippen molar-refractivity contribution in [2.24, 2.45) is 5.92 Å². The summed E-state index contributed by atoms with van der Waals surface area (Å²) in [5, 5.41) is 7.61. The number of hydrogen-bond donors (Lipinski definition) is 4. The first kappa shape index (κ1) is 18.9. The molecule has 6 heteroatoms. The van der Waals surface area contributed by atoms with Crippen LogP contribution in [-0.2, 0) is 0 Å². The van der Waals surface area contributed by atoms with E-state index in [2.05, 4.69) is 54.4 Å². The Bertz CT molecular complexity index is 557. The Balaban J connectivity index is 1.73. The molecule has 0 saturated heterocycles. The van der Waals surface area contributed by atoms with Crippen molar-refractivity contribution >= 4 is 40.3 Å². The molecule has 132 valence electrons. The highest BCUT2D eigenvalue weighted by Gasteiger charge is 2.21. The van der Waals surface area contributed by atoms with Gasteiger partial charge in [0.1, 0.15) is 0 Å². The normalized spacial score (nSPS) is 20.3. The number of benzene rings is 1. The molecule has 2 rings (SSSR count). The summed E-state index contributed by atoms with van der Waals surface area (Å²) in [5.74, 6) is 1.18. The predicted molar refractivity (Wildman–Crippen MR) is 110 cm³/mol. The van der Waals surface area contributed by atoms with E-state index >= 15 is 0 Å². The van der Waals surface area contributed by atoms with E-state index in [1.807, 2.05) is 12.1 Å². The standard InChI is InChI=1S/C18H28N4S2/c1-12(2)14-8-10-15(11-9-14)19-17(23)21-22-18(24)20-16-7-5-4-6-13(16)3/h8-13,16H,4-7H2,1-3H3,(H2,19,21,23)(H2,20,22,24)/t13-,16+/m0/s1. The third-order valence-electron chi connectivity index (χ3n) is 4.55. The Morgan fingerprint density at radius 3 is 2.25 bits per heavy atom. The van der Waals surface area contributed by atoms with Crippen LogP contribution in [0.1, 0.15) is 57.9 Å². The molecule has 0 aromatic heterocycles. The molecule has 4 N–H and O–H groups in total. The molecule has 1 aliphatic rings. The molecule has 24 heavy (non-hydrogen) atoms. The predicted octanol–water partition coefficient (Wildman–Crippen LogP) is 4.05. The highest BCUT2D eigenvalue weighted by atomic mass is 32.1. The highest BCUT2D eigenvalue weighted by Crippen LogP contribution is 2.23. The molecule has 1 aromatic carbocycles. The fourth-order valence-electron chi connectivity index (χ4n) is 2.96. The summed E-state index contributed by atoms with van der Waals surface area (Å²) < 4.78 is 0. The molecule has 0 radical (unpaired) electrons. The first-order valence-corrected chi connectivity index (χ1v) is 9.51. The zero-order valence-electron chi connectivity index (χ0n) is 14.7. The lowest BCUT2D eigenvalue weighted by atomic mass is 9.86. The van der Waals surface area contributed by atoms with Crippen molar-refractivity contribution in [3.05, 3.63) is 29.8 Å². The fourth-order valence-corrected chi connectivity index (χ4v) is 3.33. The molecule has 1 aromatic rings. The maximum absolute atomic E-state index is 5.34. The lowest BCUT2D eigenvalue weighted by molar-refractivity contribution is 0.308. The fraction of sp³-hybridized carbons (Fsp3) is 0.556. The van der Waals surface area contributed by atoms with Crippen molar-refractivity contribution in [3.63, 3.8) is 0 Å². The summed E-state index contributed by atoms with van der Waals surface area (Å²) in [5.41, 5.74) is 8.17. The van der Waals surface area contributed by atoms with E-state index < -0.39 is 0 Å². The third kappa shape index (κ3) is 5.91. The summed E-state index contributed by atoms with van der Waals surface area (Å²) in [4.78, 5) is 0. The van der Waals surface area contributed by atoms with Crippen LogP contribution in [0.4, 0.5) is 5.69 Å². The Hall–Kier alpha value is -1.40. The zero-order valence-corrected chi connectivity index (χ0v) is 16.3. The van der Waals surface area contributed by atoms with E-state index in [1.54, 1.807) is 0 Å². The molecule has 2 atom stereocenters. The van der Waals surface area contributed by atoms with Crippen molar-refractivity contribution in [1.29, 1.82) is 0 Å². The molecule has 0 bridgehead atoms. The second-order valence-corrected chi connectivity index (χ2v) is 7.64. The topological polar surface area (TPSA) is 48.1 Å². The summed E-state index contributed by atoms with van der Waals surface area (Å²) in [6.07, 6.45) is 5.03. The third-order valence-corrected chi connectivity index (χ3v) is 4.98. The number of hydrogen-bond acceptors (Lipinski definition) is 2. The summed E-state index contributed by atoms with van der Waals surface area (Å²) in [6.45, 7) is 6.64. The minimum Gasteiger partial charge on any atom is -0.358 e. The zero-order chi connectivity index (χ0) is 17.5. The monoisotopic (exact) mass is 364 g/mol. The highest BCUT2D eigenvalue weighted by molar-refractivity contribution is 7.80. The van der Waals surface area contributed by atoms with Crippen molar-refractivity contribution < 1.29 is 0 Å². The summed E-state index contributed by atoms with van der Waals surface area (Å²) in [6, 6.07) is 8.73. The van der Waals surface area contributed by atoms with E-state index in [9.17, 15) is 0 Å². The average molecular weight is 365 g/mol. The minimum atomic E-state index is 0.450. The maximum atomic E-state index is 5.34. The minimum absolute atomic E-state index is 0.450. The number of hydrazine groups is 1. The lowest BCUT2D eigenvalue weighted by Crippen LogP contribution is -2.52. The molecule has 4 nitrogen and oxygen atoms in total. The van der Waals surface area contributed by atoms with Crippen LogP contribution in [0.2, 0.25) is 0 Å². The van der Waals surface area contributed by atoms with Gasteiger partial charge in [0.15, 0.2) is 10.2 Å². The summed E-state index contributed by atoms with van der Waals surface area (Å²) in [7, 11) is 0. The van der Waals surface area contributed by atoms with Gasteiger partial charge in [-0.15, -0.1) is 0 Å². The van der Waals surface area contributed by atoms with Gasteiger partial charge in [0.25, 0.3) is 0 Å². The van der Waals surface area contributed by atoms with Crippen molar-refractivity contribution in [2.75, 3.05) is 5.32 Å². The Kier molecular flexibility index (Phi) is 7.24. The van der Waals surface area contributed by atoms with E-state index in [0.717, 1.165) is 5.69 Å². The lowest BCUT2D eigenvalue weighted by Gasteiger charge is -2.30. The first-order chi connectivity index (χ1) is 11.5. The molecule has 0 heterocycles. The Morgan fingerprint density at radius 1 is 1.00 bits per heavy atom. The van der Waals surface area contributed by atoms with E-state index in [-0.39, 0.29) is 0 Å². The first-order valence-electron chi connectivity index (χ1n) is 8.69. The van der Waals surface area contributed by atoms with Crippen LogP contribution in [-0.4, -0.2) is 16.3 Å². The van der Waals surface area contributed by atoms with Crippen LogP contribution in [0.15, 0.2) is 24.3 Å². The average Bonchev–Trinajstić information content (AvgIpc) is 2.55. The molecule has 0 aliphatic heterocycles. The number of nitrogens with one attached hydrogen (secondary N) is 4. The molecular formula is C18H28N4S2. The van der Waals surface area contributed by atoms with Gasteiger partial charge in [-0.3, -0.25) is 10.9 Å². The van der Waals surface area contributed by atoms with Crippen molar-refractivity contribution in [2.45, 2.75) is 58.4 Å². The van der Waals surface area contributed by atoms with Gasteiger partial charge >= 0.3 is 0 Å². The Labute approximate surface area is 156 Å². The number of thiocarbonyl (C=S) groups is 2. The van der Waals surface area contributed by atoms with Crippen molar-refractivity contribution in [1.82, 2.24) is 16.2 Å². The van der Waals surface area contributed by atoms with Crippen LogP contribution >= 0.6 is 24.4 Å². The smallest absolute Gasteiger partial charge is 0.189 e. The summed E-state index contributed by atoms with van der Waals surface area (Å²) >= 11 is 10.6. The van der Waals surface area contributed by atoms with Gasteiger partial charge in [-0.1, -0.05) is 45.7 Å². The van der Waals surface area contributed by atoms with Gasteiger partial charge in [0.05, 0.1) is 0 Å². The molecule has 0 spiro atoms. The molecule has 1 aliphatic carbocycles. The van der Waals surface area contributed by atoms with Gasteiger partial charge < -0.3 is 10.6 Å². The number of anilines is 1. The quantitative estimate of drug-likeness (QED) is 0.479. The number of rotatable bonds is 3. The second-order valence-electron chi connectivity index (χ2n) is 6.82. The van der Waals surface area contributed by atoms with Crippen molar-refractivity contribution in [3.8, 4) is 0 Å². The van der Waals surface area contributed by atoms with Crippen LogP contribution in [0, 0.1) is 5.92 Å². The van der Waals surface area contributed by atoms with Crippen LogP contribution in [0.5, 0.6) is 0 Å². The van der Waals surface area contributed by atoms with E-state index in [1.165, 1.54) is 31.2 Å². The van der Waals surface area contributed by atoms with Gasteiger partial charge in [-0.25, -0.2) is 0 Å². The molecule has 0 amide bonds. The molecule has 1 fully saturated rings. The molecule has 1 saturated carbocycles. The van der Waals surface area contributed by atoms with Crippen LogP contribution in [0.3, 0.4) is 0 Å². The molecular weight excluding hydrogens is 336 g/mol. The van der Waals surface area contributed by atoms with Gasteiger partial charge in [0.2, 0.25) is 0 Å². The van der Waals surface area contributed by atoms with Gasteiger partial charge in [0, 0.05) is 11.7 Å². The van der Waals surface area contributed by atoms with Gasteiger partial charge in [-0.2, -0.15) is 0 Å². The van der Waals surface area contributed by atoms with Gasteiger partial charge in [-0.05, 0) is 66.8 Å². The van der Waals surface area contributed by atoms with Crippen LogP contribution < -0.4 is 21.5 Å². The Morgan fingerprint density at radius 2 is 1.62 bits per heavy atom. The molecule has 0 unspecified atom stereocenters. The second kappa shape index (κ2) is 9.18. The van der Waals surface area contributed by atoms with Crippen LogP contribution in [0.25, 0.3) is 0 Å². The largest absolute Gasteiger partial charge is 0.358 e.